The number of fused-ring (bicyclic) bond motifs is 1. The van der Waals surface area contributed by atoms with E-state index in [1.807, 2.05) is 18.7 Å². The van der Waals surface area contributed by atoms with Crippen molar-refractivity contribution < 1.29 is 4.79 Å². The molecule has 1 unspecified atom stereocenters. The summed E-state index contributed by atoms with van der Waals surface area (Å²) < 4.78 is 0. The van der Waals surface area contributed by atoms with E-state index < -0.39 is 0 Å². The van der Waals surface area contributed by atoms with Gasteiger partial charge in [0.05, 0.1) is 0 Å². The number of H-pyrrole nitrogens is 1. The molecule has 3 N–H and O–H groups in total. The Bertz CT molecular complexity index is 816. The Morgan fingerprint density at radius 1 is 1.34 bits per heavy atom. The molecule has 160 valence electrons. The van der Waals surface area contributed by atoms with E-state index in [-0.39, 0.29) is 41.8 Å². The molecule has 1 aromatic carbocycles. The first kappa shape index (κ1) is 23.5. The molecule has 3 rings (SSSR count). The third-order valence-corrected chi connectivity index (χ3v) is 5.23. The summed E-state index contributed by atoms with van der Waals surface area (Å²) in [5.41, 5.74) is 2.54. The number of amides is 1. The third kappa shape index (κ3) is 6.35. The van der Waals surface area contributed by atoms with Crippen LogP contribution in [0, 0.1) is 5.92 Å². The van der Waals surface area contributed by atoms with Gasteiger partial charge in [-0.15, -0.1) is 24.0 Å². The number of nitrogens with one attached hydrogen (secondary N) is 3. The Kier molecular flexibility index (Phi) is 9.26. The zero-order chi connectivity index (χ0) is 19.9. The number of hydrogen-bond acceptors (Lipinski definition) is 2. The van der Waals surface area contributed by atoms with Crippen LogP contribution in [-0.2, 0) is 11.2 Å². The van der Waals surface area contributed by atoms with Crippen LogP contribution >= 0.6 is 24.0 Å². The van der Waals surface area contributed by atoms with E-state index in [0.29, 0.717) is 0 Å². The van der Waals surface area contributed by atoms with Crippen LogP contribution in [0.4, 0.5) is 0 Å². The van der Waals surface area contributed by atoms with Crippen LogP contribution in [0.3, 0.4) is 0 Å². The number of benzene rings is 1. The lowest BCUT2D eigenvalue weighted by Crippen LogP contribution is -2.45. The average Bonchev–Trinajstić information content (AvgIpc) is 3.32. The maximum Gasteiger partial charge on any atom is 0.225 e. The predicted octanol–water partition coefficient (Wildman–Crippen LogP) is 3.53. The zero-order valence-electron chi connectivity index (χ0n) is 17.7. The summed E-state index contributed by atoms with van der Waals surface area (Å²) in [4.78, 5) is 22.2. The van der Waals surface area contributed by atoms with Gasteiger partial charge in [-0.25, -0.2) is 0 Å². The Hall–Kier alpha value is -1.77. The summed E-state index contributed by atoms with van der Waals surface area (Å²) in [5, 5.41) is 8.13. The quantitative estimate of drug-likeness (QED) is 0.231. The second kappa shape index (κ2) is 11.4. The first-order chi connectivity index (χ1) is 13.6. The van der Waals surface area contributed by atoms with Crippen molar-refractivity contribution in [3.63, 3.8) is 0 Å². The summed E-state index contributed by atoms with van der Waals surface area (Å²) in [6, 6.07) is 8.69. The lowest BCUT2D eigenvalue weighted by molar-refractivity contribution is -0.133. The van der Waals surface area contributed by atoms with Crippen LogP contribution in [0.1, 0.15) is 39.2 Å². The highest BCUT2D eigenvalue weighted by Gasteiger charge is 2.27. The summed E-state index contributed by atoms with van der Waals surface area (Å²) in [6.45, 7) is 9.19. The molecular formula is C22H34IN5O. The highest BCUT2D eigenvalue weighted by molar-refractivity contribution is 14.0. The molecule has 1 amide bonds. The van der Waals surface area contributed by atoms with E-state index in [2.05, 4.69) is 53.0 Å². The van der Waals surface area contributed by atoms with Gasteiger partial charge in [-0.1, -0.05) is 32.0 Å². The number of likely N-dealkylation sites (tertiary alicyclic amines) is 1. The number of carbonyl (C=O) groups excluding carboxylic acids is 1. The molecular weight excluding hydrogens is 477 g/mol. The predicted molar refractivity (Wildman–Crippen MR) is 131 cm³/mol. The molecule has 6 nitrogen and oxygen atoms in total. The van der Waals surface area contributed by atoms with Crippen molar-refractivity contribution >= 4 is 46.7 Å². The Balaban J connectivity index is 0.00000300. The summed E-state index contributed by atoms with van der Waals surface area (Å²) >= 11 is 0. The molecule has 7 heteroatoms. The molecule has 0 radical (unpaired) electrons. The molecule has 0 bridgehead atoms. The summed E-state index contributed by atoms with van der Waals surface area (Å²) in [7, 11) is 0. The zero-order valence-corrected chi connectivity index (χ0v) is 20.0. The van der Waals surface area contributed by atoms with Crippen LogP contribution < -0.4 is 10.6 Å². The summed E-state index contributed by atoms with van der Waals surface area (Å²) in [6.07, 6.45) is 5.09. The van der Waals surface area contributed by atoms with Crippen LogP contribution in [0.15, 0.2) is 35.5 Å². The van der Waals surface area contributed by atoms with E-state index in [0.717, 1.165) is 51.4 Å². The smallest absolute Gasteiger partial charge is 0.225 e. The lowest BCUT2D eigenvalue weighted by Gasteiger charge is -2.20. The van der Waals surface area contributed by atoms with E-state index in [4.69, 9.17) is 4.99 Å². The number of para-hydroxylation sites is 1. The van der Waals surface area contributed by atoms with E-state index in [1.54, 1.807) is 0 Å². The van der Waals surface area contributed by atoms with Crippen molar-refractivity contribution in [3.8, 4) is 0 Å². The first-order valence-corrected chi connectivity index (χ1v) is 10.5. The maximum atomic E-state index is 12.2. The van der Waals surface area contributed by atoms with Gasteiger partial charge >= 0.3 is 0 Å². The number of hydrogen-bond donors (Lipinski definition) is 3. The fraction of sp³-hybridized carbons (Fsp3) is 0.545. The van der Waals surface area contributed by atoms with Crippen molar-refractivity contribution in [2.75, 3.05) is 26.2 Å². The molecule has 2 aromatic rings. The molecule has 1 fully saturated rings. The second-order valence-corrected chi connectivity index (χ2v) is 7.79. The fourth-order valence-electron chi connectivity index (χ4n) is 3.76. The number of aromatic nitrogens is 1. The summed E-state index contributed by atoms with van der Waals surface area (Å²) in [5.74, 6) is 1.15. The van der Waals surface area contributed by atoms with E-state index in [9.17, 15) is 4.79 Å². The van der Waals surface area contributed by atoms with Gasteiger partial charge in [0.2, 0.25) is 5.91 Å². The number of rotatable bonds is 7. The topological polar surface area (TPSA) is 72.5 Å². The van der Waals surface area contributed by atoms with Crippen LogP contribution in [-0.4, -0.2) is 54.0 Å². The minimum atomic E-state index is 0. The number of guanidine groups is 1. The minimum absolute atomic E-state index is 0. The Labute approximate surface area is 190 Å². The highest BCUT2D eigenvalue weighted by Crippen LogP contribution is 2.19. The molecule has 1 aliphatic rings. The number of halogens is 1. The lowest BCUT2D eigenvalue weighted by atomic mass is 10.1. The van der Waals surface area contributed by atoms with Gasteiger partial charge in [0.1, 0.15) is 0 Å². The normalized spacial score (nSPS) is 16.9. The van der Waals surface area contributed by atoms with Crippen LogP contribution in [0.2, 0.25) is 0 Å². The molecule has 1 saturated heterocycles. The SMILES string of the molecule is CCNC(=NCCCc1c[nH]c2ccccc12)NC1CCN(C(=O)C(C)C)C1.I. The second-order valence-electron chi connectivity index (χ2n) is 7.79. The van der Waals surface area contributed by atoms with Crippen molar-refractivity contribution in [3.05, 3.63) is 36.0 Å². The fourth-order valence-corrected chi connectivity index (χ4v) is 3.76. The number of aryl methyl sites for hydroxylation is 1. The molecule has 29 heavy (non-hydrogen) atoms. The van der Waals surface area contributed by atoms with Gasteiger partial charge in [0, 0.05) is 55.2 Å². The average molecular weight is 511 g/mol. The number of carbonyl (C=O) groups is 1. The largest absolute Gasteiger partial charge is 0.361 e. The van der Waals surface area contributed by atoms with Gasteiger partial charge in [0.25, 0.3) is 0 Å². The molecule has 0 spiro atoms. The molecule has 1 aromatic heterocycles. The van der Waals surface area contributed by atoms with Gasteiger partial charge in [-0.3, -0.25) is 9.79 Å². The molecule has 2 heterocycles. The highest BCUT2D eigenvalue weighted by atomic mass is 127. The van der Waals surface area contributed by atoms with Gasteiger partial charge in [0.15, 0.2) is 5.96 Å². The van der Waals surface area contributed by atoms with Crippen LogP contribution in [0.25, 0.3) is 10.9 Å². The Morgan fingerprint density at radius 2 is 2.14 bits per heavy atom. The Morgan fingerprint density at radius 3 is 2.90 bits per heavy atom. The van der Waals surface area contributed by atoms with E-state index in [1.165, 1.54) is 16.5 Å². The van der Waals surface area contributed by atoms with Crippen molar-refractivity contribution in [2.24, 2.45) is 10.9 Å². The molecule has 1 aliphatic heterocycles. The monoisotopic (exact) mass is 511 g/mol. The van der Waals surface area contributed by atoms with Gasteiger partial charge in [-0.05, 0) is 37.8 Å². The van der Waals surface area contributed by atoms with Crippen molar-refractivity contribution in [1.29, 1.82) is 0 Å². The minimum Gasteiger partial charge on any atom is -0.361 e. The molecule has 1 atom stereocenters. The molecule has 0 saturated carbocycles. The van der Waals surface area contributed by atoms with Gasteiger partial charge < -0.3 is 20.5 Å². The third-order valence-electron chi connectivity index (χ3n) is 5.23. The van der Waals surface area contributed by atoms with Gasteiger partial charge in [-0.2, -0.15) is 0 Å². The number of aromatic amines is 1. The first-order valence-electron chi connectivity index (χ1n) is 10.5. The van der Waals surface area contributed by atoms with E-state index >= 15 is 0 Å². The molecule has 0 aliphatic carbocycles. The number of aliphatic imine (C=N–C) groups is 1. The number of nitrogens with zero attached hydrogens (tertiary/aromatic N) is 2. The standard InChI is InChI=1S/C22H33N5O.HI/c1-4-23-22(26-18-11-13-27(15-18)21(28)16(2)3)24-12-7-8-17-14-25-20-10-6-5-9-19(17)20;/h5-6,9-10,14,16,18,25H,4,7-8,11-13,15H2,1-3H3,(H2,23,24,26);1H. The maximum absolute atomic E-state index is 12.2. The van der Waals surface area contributed by atoms with Crippen molar-refractivity contribution in [1.82, 2.24) is 20.5 Å². The van der Waals surface area contributed by atoms with Crippen LogP contribution in [0.5, 0.6) is 0 Å². The van der Waals surface area contributed by atoms with Crippen molar-refractivity contribution in [2.45, 2.75) is 46.1 Å².